The van der Waals surface area contributed by atoms with Crippen molar-refractivity contribution in [3.63, 3.8) is 0 Å². The first-order chi connectivity index (χ1) is 10.7. The molecule has 0 saturated heterocycles. The quantitative estimate of drug-likeness (QED) is 0.876. The number of carbonyl (C=O) groups excluding carboxylic acids is 1. The molecule has 0 bridgehead atoms. The maximum Gasteiger partial charge on any atom is 0.262 e. The van der Waals surface area contributed by atoms with Gasteiger partial charge in [0.25, 0.3) is 5.91 Å². The summed E-state index contributed by atoms with van der Waals surface area (Å²) in [6, 6.07) is 13.3. The molecule has 3 rings (SSSR count). The second kappa shape index (κ2) is 6.15. The fourth-order valence-electron chi connectivity index (χ4n) is 2.27. The molecule has 22 heavy (non-hydrogen) atoms. The Morgan fingerprint density at radius 2 is 1.86 bits per heavy atom. The maximum absolute atomic E-state index is 12.2. The summed E-state index contributed by atoms with van der Waals surface area (Å²) in [7, 11) is 3.18. The molecule has 2 aromatic carbocycles. The van der Waals surface area contributed by atoms with E-state index in [9.17, 15) is 4.79 Å². The third kappa shape index (κ3) is 2.67. The minimum atomic E-state index is -0.117. The topological polar surface area (TPSA) is 47.6 Å². The highest BCUT2D eigenvalue weighted by atomic mass is 32.2. The zero-order valence-corrected chi connectivity index (χ0v) is 13.1. The van der Waals surface area contributed by atoms with Gasteiger partial charge in [0.1, 0.15) is 0 Å². The molecular weight excluding hydrogens is 298 g/mol. The van der Waals surface area contributed by atoms with Crippen molar-refractivity contribution in [1.82, 2.24) is 0 Å². The number of benzene rings is 2. The summed E-state index contributed by atoms with van der Waals surface area (Å²) in [6.45, 7) is 0. The number of carbonyl (C=O) groups is 1. The average Bonchev–Trinajstić information content (AvgIpc) is 2.55. The fourth-order valence-corrected chi connectivity index (χ4v) is 3.21. The van der Waals surface area contributed by atoms with Crippen molar-refractivity contribution < 1.29 is 14.3 Å². The average molecular weight is 313 g/mol. The van der Waals surface area contributed by atoms with Crippen molar-refractivity contribution in [2.75, 3.05) is 19.5 Å². The lowest BCUT2D eigenvalue weighted by Crippen LogP contribution is -2.17. The molecule has 0 aromatic heterocycles. The van der Waals surface area contributed by atoms with E-state index in [1.807, 2.05) is 48.5 Å². The lowest BCUT2D eigenvalue weighted by molar-refractivity contribution is -0.112. The van der Waals surface area contributed by atoms with Crippen LogP contribution in [0.2, 0.25) is 0 Å². The normalized spacial score (nSPS) is 15.2. The zero-order chi connectivity index (χ0) is 15.5. The van der Waals surface area contributed by atoms with Gasteiger partial charge < -0.3 is 14.8 Å². The first-order valence-electron chi connectivity index (χ1n) is 6.74. The molecule has 5 heteroatoms. The van der Waals surface area contributed by atoms with E-state index in [1.165, 1.54) is 11.8 Å². The Labute approximate surface area is 133 Å². The van der Waals surface area contributed by atoms with Crippen LogP contribution in [0.5, 0.6) is 11.5 Å². The minimum Gasteiger partial charge on any atom is -0.493 e. The number of amides is 1. The van der Waals surface area contributed by atoms with Gasteiger partial charge in [0.05, 0.1) is 24.8 Å². The Hall–Kier alpha value is -2.40. The number of para-hydroxylation sites is 2. The highest BCUT2D eigenvalue weighted by Gasteiger charge is 2.21. The third-order valence-electron chi connectivity index (χ3n) is 3.30. The molecule has 0 saturated carbocycles. The number of methoxy groups -OCH3 is 2. The smallest absolute Gasteiger partial charge is 0.262 e. The molecule has 0 aliphatic carbocycles. The standard InChI is InChI=1S/C17H15NO3S/c1-20-13-8-5-6-11(16(13)21-2)10-15-17(19)18-12-7-3-4-9-14(12)22-15/h3-10H,1-2H3,(H,18,19)/b15-10-. The molecule has 0 fully saturated rings. The fraction of sp³-hybridized carbons (Fsp3) is 0.118. The Morgan fingerprint density at radius 3 is 2.64 bits per heavy atom. The Bertz CT molecular complexity index is 755. The van der Waals surface area contributed by atoms with Gasteiger partial charge in [-0.3, -0.25) is 4.79 Å². The van der Waals surface area contributed by atoms with E-state index in [0.717, 1.165) is 16.1 Å². The number of hydrogen-bond donors (Lipinski definition) is 1. The number of nitrogens with one attached hydrogen (secondary N) is 1. The van der Waals surface area contributed by atoms with Crippen molar-refractivity contribution in [1.29, 1.82) is 0 Å². The van der Waals surface area contributed by atoms with Crippen molar-refractivity contribution in [2.45, 2.75) is 4.90 Å². The lowest BCUT2D eigenvalue weighted by atomic mass is 10.1. The summed E-state index contributed by atoms with van der Waals surface area (Å²) in [5.41, 5.74) is 1.64. The van der Waals surface area contributed by atoms with Crippen LogP contribution in [0.1, 0.15) is 5.56 Å². The van der Waals surface area contributed by atoms with Crippen molar-refractivity contribution in [3.8, 4) is 11.5 Å². The van der Waals surface area contributed by atoms with Gasteiger partial charge in [-0.1, -0.05) is 36.0 Å². The molecule has 1 aliphatic rings. The summed E-state index contributed by atoms with van der Waals surface area (Å²) < 4.78 is 10.7. The lowest BCUT2D eigenvalue weighted by Gasteiger charge is -2.18. The number of hydrogen-bond acceptors (Lipinski definition) is 4. The van der Waals surface area contributed by atoms with Crippen LogP contribution in [-0.4, -0.2) is 20.1 Å². The number of fused-ring (bicyclic) bond motifs is 1. The van der Waals surface area contributed by atoms with Crippen LogP contribution in [0.3, 0.4) is 0 Å². The van der Waals surface area contributed by atoms with Crippen molar-refractivity contribution in [2.24, 2.45) is 0 Å². The Balaban J connectivity index is 2.01. The molecular formula is C17H15NO3S. The molecule has 1 heterocycles. The molecule has 0 spiro atoms. The largest absolute Gasteiger partial charge is 0.493 e. The van der Waals surface area contributed by atoms with Crippen LogP contribution in [0.4, 0.5) is 5.69 Å². The first-order valence-corrected chi connectivity index (χ1v) is 7.55. The van der Waals surface area contributed by atoms with Crippen LogP contribution in [0.25, 0.3) is 6.08 Å². The van der Waals surface area contributed by atoms with Gasteiger partial charge in [-0.2, -0.15) is 0 Å². The maximum atomic E-state index is 12.2. The highest BCUT2D eigenvalue weighted by molar-refractivity contribution is 8.04. The molecule has 112 valence electrons. The number of ether oxygens (including phenoxy) is 2. The SMILES string of the molecule is COc1cccc(/C=C2\Sc3ccccc3NC2=O)c1OC. The molecule has 1 amide bonds. The Morgan fingerprint density at radius 1 is 1.05 bits per heavy atom. The van der Waals surface area contributed by atoms with Crippen LogP contribution < -0.4 is 14.8 Å². The van der Waals surface area contributed by atoms with Crippen LogP contribution in [-0.2, 0) is 4.79 Å². The van der Waals surface area contributed by atoms with Crippen molar-refractivity contribution in [3.05, 3.63) is 52.9 Å². The zero-order valence-electron chi connectivity index (χ0n) is 12.3. The number of thioether (sulfide) groups is 1. The summed E-state index contributed by atoms with van der Waals surface area (Å²) in [5.74, 6) is 1.14. The molecule has 0 atom stereocenters. The molecule has 0 unspecified atom stereocenters. The number of anilines is 1. The van der Waals surface area contributed by atoms with Gasteiger partial charge in [0, 0.05) is 10.5 Å². The predicted octanol–water partition coefficient (Wildman–Crippen LogP) is 3.79. The molecule has 2 aromatic rings. The monoisotopic (exact) mass is 313 g/mol. The summed E-state index contributed by atoms with van der Waals surface area (Å²) in [6.07, 6.45) is 1.82. The molecule has 4 nitrogen and oxygen atoms in total. The van der Waals surface area contributed by atoms with E-state index in [2.05, 4.69) is 5.32 Å². The van der Waals surface area contributed by atoms with Crippen LogP contribution in [0, 0.1) is 0 Å². The van der Waals surface area contributed by atoms with Crippen LogP contribution >= 0.6 is 11.8 Å². The summed E-state index contributed by atoms with van der Waals surface area (Å²) in [4.78, 5) is 13.9. The molecule has 1 aliphatic heterocycles. The van der Waals surface area contributed by atoms with E-state index < -0.39 is 0 Å². The Kier molecular flexibility index (Phi) is 4.06. The highest BCUT2D eigenvalue weighted by Crippen LogP contribution is 2.40. The van der Waals surface area contributed by atoms with E-state index in [1.54, 1.807) is 14.2 Å². The first kappa shape index (κ1) is 14.5. The van der Waals surface area contributed by atoms with E-state index >= 15 is 0 Å². The van der Waals surface area contributed by atoms with E-state index in [4.69, 9.17) is 9.47 Å². The predicted molar refractivity (Wildman–Crippen MR) is 88.5 cm³/mol. The van der Waals surface area contributed by atoms with Crippen LogP contribution in [0.15, 0.2) is 52.3 Å². The minimum absolute atomic E-state index is 0.117. The molecule has 0 radical (unpaired) electrons. The molecule has 1 N–H and O–H groups in total. The van der Waals surface area contributed by atoms with Gasteiger partial charge in [0.15, 0.2) is 11.5 Å². The number of rotatable bonds is 3. The van der Waals surface area contributed by atoms with E-state index in [0.29, 0.717) is 16.4 Å². The van der Waals surface area contributed by atoms with Gasteiger partial charge in [-0.25, -0.2) is 0 Å². The summed E-state index contributed by atoms with van der Waals surface area (Å²) in [5, 5.41) is 2.90. The van der Waals surface area contributed by atoms with Gasteiger partial charge in [-0.15, -0.1) is 0 Å². The van der Waals surface area contributed by atoms with Crippen molar-refractivity contribution >= 4 is 29.4 Å². The second-order valence-corrected chi connectivity index (χ2v) is 5.73. The summed E-state index contributed by atoms with van der Waals surface area (Å²) >= 11 is 1.45. The second-order valence-electron chi connectivity index (χ2n) is 4.64. The third-order valence-corrected chi connectivity index (χ3v) is 4.40. The van der Waals surface area contributed by atoms with Gasteiger partial charge in [-0.05, 0) is 24.3 Å². The van der Waals surface area contributed by atoms with Gasteiger partial charge >= 0.3 is 0 Å². The van der Waals surface area contributed by atoms with E-state index in [-0.39, 0.29) is 5.91 Å². The van der Waals surface area contributed by atoms with Gasteiger partial charge in [0.2, 0.25) is 0 Å².